The second kappa shape index (κ2) is 7.70. The average molecular weight is 328 g/mol. The number of methoxy groups -OCH3 is 1. The number of rotatable bonds is 7. The van der Waals surface area contributed by atoms with Crippen molar-refractivity contribution in [2.24, 2.45) is 0 Å². The van der Waals surface area contributed by atoms with Crippen molar-refractivity contribution < 1.29 is 14.5 Å². The minimum Gasteiger partial charge on any atom is -0.372 e. The summed E-state index contributed by atoms with van der Waals surface area (Å²) < 4.78 is 5.70. The topological polar surface area (TPSA) is 81.5 Å². The van der Waals surface area contributed by atoms with Crippen LogP contribution in [0.2, 0.25) is 0 Å². The van der Waals surface area contributed by atoms with Crippen LogP contribution in [-0.4, -0.2) is 24.5 Å². The Bertz CT molecular complexity index is 712. The van der Waals surface area contributed by atoms with E-state index in [1.54, 1.807) is 13.2 Å². The molecule has 0 saturated carbocycles. The lowest BCUT2D eigenvalue weighted by Crippen LogP contribution is -2.41. The molecule has 6 nitrogen and oxygen atoms in total. The first-order valence-electron chi connectivity index (χ1n) is 7.66. The summed E-state index contributed by atoms with van der Waals surface area (Å²) in [5.74, 6) is -0.371. The highest BCUT2D eigenvalue weighted by Gasteiger charge is 2.30. The molecule has 2 aromatic carbocycles. The van der Waals surface area contributed by atoms with Gasteiger partial charge in [-0.25, -0.2) is 0 Å². The molecule has 2 rings (SSSR count). The van der Waals surface area contributed by atoms with Gasteiger partial charge in [0.1, 0.15) is 5.60 Å². The number of ether oxygens (including phenoxy) is 1. The van der Waals surface area contributed by atoms with Crippen LogP contribution in [0.25, 0.3) is 0 Å². The molecule has 6 heteroatoms. The number of carbonyl (C=O) groups is 1. The zero-order valence-corrected chi connectivity index (χ0v) is 13.7. The van der Waals surface area contributed by atoms with E-state index in [1.165, 1.54) is 18.2 Å². The van der Waals surface area contributed by atoms with Crippen molar-refractivity contribution in [3.63, 3.8) is 0 Å². The smallest absolute Gasteiger partial charge is 0.270 e. The summed E-state index contributed by atoms with van der Waals surface area (Å²) in [7, 11) is 1.61. The molecule has 1 unspecified atom stereocenters. The Morgan fingerprint density at radius 1 is 1.21 bits per heavy atom. The van der Waals surface area contributed by atoms with Gasteiger partial charge in [0, 0.05) is 24.8 Å². The van der Waals surface area contributed by atoms with Crippen LogP contribution < -0.4 is 5.32 Å². The van der Waals surface area contributed by atoms with E-state index in [-0.39, 0.29) is 23.7 Å². The normalized spacial score (nSPS) is 13.1. The molecule has 24 heavy (non-hydrogen) atoms. The maximum absolute atomic E-state index is 12.3. The van der Waals surface area contributed by atoms with Gasteiger partial charge in [-0.15, -0.1) is 0 Å². The summed E-state index contributed by atoms with van der Waals surface area (Å²) in [6.45, 7) is 2.25. The first-order valence-corrected chi connectivity index (χ1v) is 7.66. The molecule has 1 amide bonds. The first-order chi connectivity index (χ1) is 11.5. The van der Waals surface area contributed by atoms with E-state index in [9.17, 15) is 14.9 Å². The lowest BCUT2D eigenvalue weighted by molar-refractivity contribution is -0.384. The molecule has 0 heterocycles. The van der Waals surface area contributed by atoms with Crippen molar-refractivity contribution in [3.8, 4) is 0 Å². The number of carbonyl (C=O) groups excluding carboxylic acids is 1. The summed E-state index contributed by atoms with van der Waals surface area (Å²) in [6.07, 6.45) is 0.669. The SMILES string of the molecule is CCC(CNC(=O)c1cccc([N+](=O)[O-])c1)(OC)c1ccccc1. The highest BCUT2D eigenvalue weighted by molar-refractivity contribution is 5.94. The second-order valence-corrected chi connectivity index (χ2v) is 5.41. The molecule has 0 fully saturated rings. The van der Waals surface area contributed by atoms with Crippen LogP contribution in [0.4, 0.5) is 5.69 Å². The lowest BCUT2D eigenvalue weighted by Gasteiger charge is -2.32. The number of benzene rings is 2. The van der Waals surface area contributed by atoms with Crippen LogP contribution in [0.1, 0.15) is 29.3 Å². The van der Waals surface area contributed by atoms with Gasteiger partial charge in [0.2, 0.25) is 0 Å². The summed E-state index contributed by atoms with van der Waals surface area (Å²) in [5.41, 5.74) is 0.462. The molecule has 126 valence electrons. The fourth-order valence-corrected chi connectivity index (χ4v) is 2.59. The third-order valence-electron chi connectivity index (χ3n) is 4.12. The number of nitro groups is 1. The molecular formula is C18H20N2O4. The van der Waals surface area contributed by atoms with Crippen molar-refractivity contribution in [2.45, 2.75) is 18.9 Å². The van der Waals surface area contributed by atoms with Gasteiger partial charge in [-0.1, -0.05) is 43.3 Å². The molecule has 0 saturated heterocycles. The van der Waals surface area contributed by atoms with Gasteiger partial charge in [-0.3, -0.25) is 14.9 Å². The minimum atomic E-state index is -0.641. The zero-order valence-electron chi connectivity index (χ0n) is 13.7. The summed E-state index contributed by atoms with van der Waals surface area (Å²) in [6, 6.07) is 15.3. The predicted octanol–water partition coefficient (Wildman–Crippen LogP) is 3.28. The number of hydrogen-bond acceptors (Lipinski definition) is 4. The number of hydrogen-bond donors (Lipinski definition) is 1. The van der Waals surface area contributed by atoms with Crippen LogP contribution in [0, 0.1) is 10.1 Å². The van der Waals surface area contributed by atoms with E-state index < -0.39 is 10.5 Å². The van der Waals surface area contributed by atoms with Crippen molar-refractivity contribution >= 4 is 11.6 Å². The molecular weight excluding hydrogens is 308 g/mol. The van der Waals surface area contributed by atoms with E-state index in [2.05, 4.69) is 5.32 Å². The van der Waals surface area contributed by atoms with Crippen LogP contribution in [0.3, 0.4) is 0 Å². The van der Waals surface area contributed by atoms with E-state index in [1.807, 2.05) is 37.3 Å². The zero-order chi connectivity index (χ0) is 17.6. The van der Waals surface area contributed by atoms with E-state index >= 15 is 0 Å². The van der Waals surface area contributed by atoms with Gasteiger partial charge in [-0.2, -0.15) is 0 Å². The van der Waals surface area contributed by atoms with Gasteiger partial charge in [0.25, 0.3) is 11.6 Å². The number of amides is 1. The number of nitro benzene ring substituents is 1. The molecule has 1 N–H and O–H groups in total. The highest BCUT2D eigenvalue weighted by Crippen LogP contribution is 2.28. The minimum absolute atomic E-state index is 0.112. The fraction of sp³-hybridized carbons (Fsp3) is 0.278. The number of nitrogens with zero attached hydrogens (tertiary/aromatic N) is 1. The predicted molar refractivity (Wildman–Crippen MR) is 90.8 cm³/mol. The summed E-state index contributed by atoms with van der Waals surface area (Å²) in [5, 5.41) is 13.6. The molecule has 0 aliphatic heterocycles. The first kappa shape index (κ1) is 17.6. The molecule has 0 radical (unpaired) electrons. The monoisotopic (exact) mass is 328 g/mol. The molecule has 0 spiro atoms. The standard InChI is InChI=1S/C18H20N2O4/c1-3-18(24-2,15-9-5-4-6-10-15)13-19-17(21)14-8-7-11-16(12-14)20(22)23/h4-12H,3,13H2,1-2H3,(H,19,21). The third kappa shape index (κ3) is 3.78. The van der Waals surface area contributed by atoms with Gasteiger partial charge in [-0.05, 0) is 18.1 Å². The van der Waals surface area contributed by atoms with Crippen LogP contribution in [0.5, 0.6) is 0 Å². The van der Waals surface area contributed by atoms with Crippen LogP contribution in [0.15, 0.2) is 54.6 Å². The Kier molecular flexibility index (Phi) is 5.65. The molecule has 0 bridgehead atoms. The van der Waals surface area contributed by atoms with Crippen LogP contribution >= 0.6 is 0 Å². The maximum Gasteiger partial charge on any atom is 0.270 e. The number of non-ortho nitro benzene ring substituents is 1. The summed E-state index contributed by atoms with van der Waals surface area (Å²) >= 11 is 0. The second-order valence-electron chi connectivity index (χ2n) is 5.41. The van der Waals surface area contributed by atoms with E-state index in [0.717, 1.165) is 5.56 Å². The molecule has 0 aromatic heterocycles. The lowest BCUT2D eigenvalue weighted by atomic mass is 9.90. The Morgan fingerprint density at radius 3 is 2.50 bits per heavy atom. The molecule has 1 atom stereocenters. The Labute approximate surface area is 140 Å². The number of nitrogens with one attached hydrogen (secondary N) is 1. The van der Waals surface area contributed by atoms with E-state index in [4.69, 9.17) is 4.74 Å². The van der Waals surface area contributed by atoms with Crippen molar-refractivity contribution in [3.05, 3.63) is 75.8 Å². The van der Waals surface area contributed by atoms with Gasteiger partial charge in [0.15, 0.2) is 0 Å². The fourth-order valence-electron chi connectivity index (χ4n) is 2.59. The highest BCUT2D eigenvalue weighted by atomic mass is 16.6. The Hall–Kier alpha value is -2.73. The largest absolute Gasteiger partial charge is 0.372 e. The third-order valence-corrected chi connectivity index (χ3v) is 4.12. The van der Waals surface area contributed by atoms with E-state index in [0.29, 0.717) is 6.42 Å². The molecule has 0 aliphatic rings. The average Bonchev–Trinajstić information content (AvgIpc) is 2.63. The molecule has 0 aliphatic carbocycles. The summed E-state index contributed by atoms with van der Waals surface area (Å²) in [4.78, 5) is 22.6. The Morgan fingerprint density at radius 2 is 1.92 bits per heavy atom. The molecule has 2 aromatic rings. The maximum atomic E-state index is 12.3. The van der Waals surface area contributed by atoms with Gasteiger partial charge >= 0.3 is 0 Å². The van der Waals surface area contributed by atoms with Gasteiger partial charge < -0.3 is 10.1 Å². The van der Waals surface area contributed by atoms with Crippen molar-refractivity contribution in [1.82, 2.24) is 5.32 Å². The van der Waals surface area contributed by atoms with Gasteiger partial charge in [0.05, 0.1) is 11.5 Å². The van der Waals surface area contributed by atoms with Crippen LogP contribution in [-0.2, 0) is 10.3 Å². The van der Waals surface area contributed by atoms with Crippen molar-refractivity contribution in [1.29, 1.82) is 0 Å². The Balaban J connectivity index is 2.16. The quantitative estimate of drug-likeness (QED) is 0.625. The van der Waals surface area contributed by atoms with Crippen molar-refractivity contribution in [2.75, 3.05) is 13.7 Å².